The van der Waals surface area contributed by atoms with Crippen molar-refractivity contribution in [3.8, 4) is 0 Å². The molecule has 7 nitrogen and oxygen atoms in total. The minimum atomic E-state index is -0.210. The highest BCUT2D eigenvalue weighted by Crippen LogP contribution is 2.20. The maximum atomic E-state index is 12.3. The lowest BCUT2D eigenvalue weighted by atomic mass is 10.1. The number of carbonyl (C=O) groups is 2. The number of para-hydroxylation sites is 1. The number of aromatic nitrogens is 3. The molecule has 0 radical (unpaired) electrons. The van der Waals surface area contributed by atoms with Crippen LogP contribution >= 0.6 is 11.8 Å². The van der Waals surface area contributed by atoms with Crippen molar-refractivity contribution in [1.29, 1.82) is 0 Å². The fraction of sp³-hybridized carbons (Fsp3) is 0.412. The lowest BCUT2D eigenvalue weighted by Crippen LogP contribution is -2.31. The van der Waals surface area contributed by atoms with Crippen LogP contribution < -0.4 is 10.6 Å². The van der Waals surface area contributed by atoms with Gasteiger partial charge in [-0.25, -0.2) is 0 Å². The number of benzene rings is 1. The Balaban J connectivity index is 2.01. The second-order valence-corrected chi connectivity index (χ2v) is 7.07. The molecule has 0 aliphatic carbocycles. The number of nitrogens with zero attached hydrogens (tertiary/aromatic N) is 3. The Morgan fingerprint density at radius 1 is 1.20 bits per heavy atom. The molecule has 0 atom stereocenters. The number of hydrogen-bond acceptors (Lipinski definition) is 5. The van der Waals surface area contributed by atoms with Crippen molar-refractivity contribution < 1.29 is 9.59 Å². The zero-order valence-electron chi connectivity index (χ0n) is 14.8. The molecule has 134 valence electrons. The summed E-state index contributed by atoms with van der Waals surface area (Å²) in [7, 11) is 0. The molecule has 1 aromatic heterocycles. The van der Waals surface area contributed by atoms with Crippen molar-refractivity contribution in [3.63, 3.8) is 0 Å². The molecule has 0 saturated carbocycles. The standard InChI is InChI=1S/C17H23N5O2S/c1-11(2)19-16(24)13-7-5-6-8-14(13)20-15(23)9-25-17-21-18-10-22(17)12(3)4/h5-8,10-12H,9H2,1-4H3,(H,19,24)(H,20,23). The Labute approximate surface area is 151 Å². The third kappa shape index (κ3) is 5.32. The molecule has 0 aliphatic heterocycles. The maximum absolute atomic E-state index is 12.3. The van der Waals surface area contributed by atoms with E-state index in [1.165, 1.54) is 11.8 Å². The van der Waals surface area contributed by atoms with Crippen LogP contribution in [0.5, 0.6) is 0 Å². The average molecular weight is 361 g/mol. The molecular weight excluding hydrogens is 338 g/mol. The van der Waals surface area contributed by atoms with E-state index in [0.717, 1.165) is 0 Å². The number of hydrogen-bond donors (Lipinski definition) is 2. The van der Waals surface area contributed by atoms with Crippen LogP contribution in [0.3, 0.4) is 0 Å². The molecule has 1 aromatic carbocycles. The lowest BCUT2D eigenvalue weighted by Gasteiger charge is -2.13. The molecule has 0 unspecified atom stereocenters. The minimum absolute atomic E-state index is 0.0224. The predicted molar refractivity (Wildman–Crippen MR) is 98.8 cm³/mol. The van der Waals surface area contributed by atoms with Gasteiger partial charge in [-0.1, -0.05) is 23.9 Å². The molecule has 0 fully saturated rings. The number of nitrogens with one attached hydrogen (secondary N) is 2. The third-order valence-corrected chi connectivity index (χ3v) is 4.25. The van der Waals surface area contributed by atoms with Crippen LogP contribution in [-0.4, -0.2) is 38.4 Å². The van der Waals surface area contributed by atoms with E-state index < -0.39 is 0 Å². The lowest BCUT2D eigenvalue weighted by molar-refractivity contribution is -0.113. The van der Waals surface area contributed by atoms with Gasteiger partial charge in [0.1, 0.15) is 6.33 Å². The molecule has 0 spiro atoms. The third-order valence-electron chi connectivity index (χ3n) is 3.29. The van der Waals surface area contributed by atoms with Crippen molar-refractivity contribution >= 4 is 29.3 Å². The molecule has 0 saturated heterocycles. The summed E-state index contributed by atoms with van der Waals surface area (Å²) in [6.07, 6.45) is 1.65. The number of carbonyl (C=O) groups excluding carboxylic acids is 2. The quantitative estimate of drug-likeness (QED) is 0.740. The predicted octanol–water partition coefficient (Wildman–Crippen LogP) is 2.73. The van der Waals surface area contributed by atoms with Gasteiger partial charge in [-0.15, -0.1) is 10.2 Å². The van der Waals surface area contributed by atoms with E-state index in [9.17, 15) is 9.59 Å². The molecule has 2 amide bonds. The second kappa shape index (κ2) is 8.66. The number of thioether (sulfide) groups is 1. The molecule has 2 rings (SSSR count). The SMILES string of the molecule is CC(C)NC(=O)c1ccccc1NC(=O)CSc1nncn1C(C)C. The van der Waals surface area contributed by atoms with Gasteiger partial charge >= 0.3 is 0 Å². The Kier molecular flexibility index (Phi) is 6.58. The Bertz CT molecular complexity index is 742. The fourth-order valence-corrected chi connectivity index (χ4v) is 2.98. The van der Waals surface area contributed by atoms with Gasteiger partial charge in [0, 0.05) is 12.1 Å². The number of anilines is 1. The van der Waals surface area contributed by atoms with Gasteiger partial charge in [-0.3, -0.25) is 9.59 Å². The highest BCUT2D eigenvalue weighted by molar-refractivity contribution is 7.99. The summed E-state index contributed by atoms with van der Waals surface area (Å²) in [5.41, 5.74) is 0.941. The first-order valence-electron chi connectivity index (χ1n) is 8.10. The van der Waals surface area contributed by atoms with Gasteiger partial charge in [0.25, 0.3) is 5.91 Å². The molecule has 2 aromatic rings. The van der Waals surface area contributed by atoms with Gasteiger partial charge < -0.3 is 15.2 Å². The second-order valence-electron chi connectivity index (χ2n) is 6.13. The summed E-state index contributed by atoms with van der Waals surface area (Å²) in [6, 6.07) is 7.20. The first kappa shape index (κ1) is 19.0. The fourth-order valence-electron chi connectivity index (χ4n) is 2.14. The van der Waals surface area contributed by atoms with E-state index in [0.29, 0.717) is 16.4 Å². The van der Waals surface area contributed by atoms with Crippen LogP contribution in [0, 0.1) is 0 Å². The molecule has 2 N–H and O–H groups in total. The monoisotopic (exact) mass is 361 g/mol. The van der Waals surface area contributed by atoms with E-state index in [1.54, 1.807) is 30.6 Å². The molecule has 8 heteroatoms. The average Bonchev–Trinajstić information content (AvgIpc) is 3.01. The minimum Gasteiger partial charge on any atom is -0.350 e. The summed E-state index contributed by atoms with van der Waals surface area (Å²) in [5.74, 6) is -0.225. The molecule has 0 aliphatic rings. The van der Waals surface area contributed by atoms with Crippen molar-refractivity contribution in [2.24, 2.45) is 0 Å². The first-order chi connectivity index (χ1) is 11.9. The summed E-state index contributed by atoms with van der Waals surface area (Å²) < 4.78 is 1.90. The highest BCUT2D eigenvalue weighted by Gasteiger charge is 2.15. The maximum Gasteiger partial charge on any atom is 0.253 e. The van der Waals surface area contributed by atoms with Crippen LogP contribution in [0.25, 0.3) is 0 Å². The normalized spacial score (nSPS) is 11.0. The highest BCUT2D eigenvalue weighted by atomic mass is 32.2. The Morgan fingerprint density at radius 3 is 2.60 bits per heavy atom. The van der Waals surface area contributed by atoms with Gasteiger partial charge in [-0.2, -0.15) is 0 Å². The Hall–Kier alpha value is -2.35. The van der Waals surface area contributed by atoms with Crippen molar-refractivity contribution in [2.75, 3.05) is 11.1 Å². The number of amides is 2. The smallest absolute Gasteiger partial charge is 0.253 e. The van der Waals surface area contributed by atoms with Crippen LogP contribution in [0.2, 0.25) is 0 Å². The summed E-state index contributed by atoms with van der Waals surface area (Å²) in [6.45, 7) is 7.83. The van der Waals surface area contributed by atoms with Crippen LogP contribution in [0.1, 0.15) is 44.1 Å². The largest absolute Gasteiger partial charge is 0.350 e. The first-order valence-corrected chi connectivity index (χ1v) is 9.09. The zero-order valence-corrected chi connectivity index (χ0v) is 15.6. The van der Waals surface area contributed by atoms with Crippen LogP contribution in [-0.2, 0) is 4.79 Å². The Morgan fingerprint density at radius 2 is 1.92 bits per heavy atom. The van der Waals surface area contributed by atoms with Gasteiger partial charge in [-0.05, 0) is 39.8 Å². The van der Waals surface area contributed by atoms with Crippen LogP contribution in [0.15, 0.2) is 35.7 Å². The zero-order chi connectivity index (χ0) is 18.4. The number of rotatable bonds is 7. The van der Waals surface area contributed by atoms with E-state index >= 15 is 0 Å². The molecule has 25 heavy (non-hydrogen) atoms. The van der Waals surface area contributed by atoms with Gasteiger partial charge in [0.15, 0.2) is 5.16 Å². The summed E-state index contributed by atoms with van der Waals surface area (Å²) in [4.78, 5) is 24.5. The van der Waals surface area contributed by atoms with E-state index in [-0.39, 0.29) is 29.7 Å². The van der Waals surface area contributed by atoms with Crippen molar-refractivity contribution in [1.82, 2.24) is 20.1 Å². The van der Waals surface area contributed by atoms with Gasteiger partial charge in [0.2, 0.25) is 5.91 Å². The molecule has 0 bridgehead atoms. The molecular formula is C17H23N5O2S. The van der Waals surface area contributed by atoms with E-state index in [2.05, 4.69) is 20.8 Å². The summed E-state index contributed by atoms with van der Waals surface area (Å²) >= 11 is 1.31. The summed E-state index contributed by atoms with van der Waals surface area (Å²) in [5, 5.41) is 14.2. The van der Waals surface area contributed by atoms with E-state index in [1.807, 2.05) is 32.3 Å². The van der Waals surface area contributed by atoms with Crippen molar-refractivity contribution in [2.45, 2.75) is 44.9 Å². The van der Waals surface area contributed by atoms with Crippen molar-refractivity contribution in [3.05, 3.63) is 36.2 Å². The van der Waals surface area contributed by atoms with Gasteiger partial charge in [0.05, 0.1) is 17.0 Å². The van der Waals surface area contributed by atoms with E-state index in [4.69, 9.17) is 0 Å². The topological polar surface area (TPSA) is 88.9 Å². The van der Waals surface area contributed by atoms with Crippen LogP contribution in [0.4, 0.5) is 5.69 Å². The molecule has 1 heterocycles.